The zero-order chi connectivity index (χ0) is 9.14. The van der Waals surface area contributed by atoms with Gasteiger partial charge in [-0.15, -0.1) is 0 Å². The number of aromatic nitrogens is 1. The van der Waals surface area contributed by atoms with Crippen molar-refractivity contribution in [3.05, 3.63) is 29.8 Å². The molecule has 0 bridgehead atoms. The fraction of sp³-hybridized carbons (Fsp3) is 0.250. The van der Waals surface area contributed by atoms with Gasteiger partial charge in [0.25, 0.3) is 0 Å². The van der Waals surface area contributed by atoms with Gasteiger partial charge in [0.05, 0.1) is 4.83 Å². The maximum atomic E-state index is 12.3. The van der Waals surface area contributed by atoms with Gasteiger partial charge >= 0.3 is 0 Å². The summed E-state index contributed by atoms with van der Waals surface area (Å²) in [5.41, 5.74) is 0.417. The lowest BCUT2D eigenvalue weighted by Gasteiger charge is -2.00. The Bertz CT molecular complexity index is 284. The van der Waals surface area contributed by atoms with Crippen LogP contribution < -0.4 is 0 Å². The molecule has 0 radical (unpaired) electrons. The van der Waals surface area contributed by atoms with Crippen LogP contribution in [0.3, 0.4) is 0 Å². The summed E-state index contributed by atoms with van der Waals surface area (Å²) >= 11 is 3.12. The van der Waals surface area contributed by atoms with Gasteiger partial charge in [0.15, 0.2) is 5.78 Å². The normalized spacial score (nSPS) is 12.6. The molecule has 0 fully saturated rings. The quantitative estimate of drug-likeness (QED) is 0.444. The smallest absolute Gasteiger partial charge is 0.212 e. The maximum Gasteiger partial charge on any atom is 0.212 e. The molecule has 1 aromatic heterocycles. The Morgan fingerprint density at radius 3 is 2.75 bits per heavy atom. The molecule has 1 atom stereocenters. The molecular weight excluding hydrogens is 225 g/mol. The predicted molar refractivity (Wildman–Crippen MR) is 46.9 cm³/mol. The second-order valence-electron chi connectivity index (χ2n) is 2.35. The molecule has 0 aliphatic carbocycles. The third-order valence-corrected chi connectivity index (χ3v) is 1.79. The number of carbonyl (C=O) groups is 1. The van der Waals surface area contributed by atoms with Gasteiger partial charge < -0.3 is 0 Å². The van der Waals surface area contributed by atoms with Crippen molar-refractivity contribution in [1.82, 2.24) is 4.98 Å². The second-order valence-corrected chi connectivity index (χ2v) is 3.72. The standard InChI is InChI=1S/C8H7BrFNO/c1-5(9)8(12)6-2-3-7(10)11-4-6/h2-5H,1H3. The fourth-order valence-corrected chi connectivity index (χ4v) is 1.02. The van der Waals surface area contributed by atoms with Crippen LogP contribution >= 0.6 is 15.9 Å². The fourth-order valence-electron chi connectivity index (χ4n) is 0.751. The van der Waals surface area contributed by atoms with Crippen LogP contribution in [0, 0.1) is 5.95 Å². The molecule has 0 amide bonds. The minimum Gasteiger partial charge on any atom is -0.293 e. The Morgan fingerprint density at radius 1 is 1.67 bits per heavy atom. The molecule has 1 rings (SSSR count). The highest BCUT2D eigenvalue weighted by Gasteiger charge is 2.11. The molecule has 4 heteroatoms. The van der Waals surface area contributed by atoms with Gasteiger partial charge in [0.2, 0.25) is 5.95 Å². The Balaban J connectivity index is 2.90. The van der Waals surface area contributed by atoms with Crippen molar-refractivity contribution < 1.29 is 9.18 Å². The Kier molecular flexibility index (Phi) is 2.92. The number of carbonyl (C=O) groups excluding carboxylic acids is 1. The van der Waals surface area contributed by atoms with Crippen molar-refractivity contribution >= 4 is 21.7 Å². The molecule has 2 nitrogen and oxygen atoms in total. The first-order valence-electron chi connectivity index (χ1n) is 3.41. The van der Waals surface area contributed by atoms with Crippen molar-refractivity contribution in [2.75, 3.05) is 0 Å². The molecule has 0 saturated heterocycles. The number of hydrogen-bond acceptors (Lipinski definition) is 2. The lowest BCUT2D eigenvalue weighted by atomic mass is 10.1. The monoisotopic (exact) mass is 231 g/mol. The largest absolute Gasteiger partial charge is 0.293 e. The number of Topliss-reactive ketones (excluding diaryl/α,β-unsaturated/α-hetero) is 1. The summed E-state index contributed by atoms with van der Waals surface area (Å²) in [6.45, 7) is 1.71. The van der Waals surface area contributed by atoms with Crippen molar-refractivity contribution in [3.63, 3.8) is 0 Å². The lowest BCUT2D eigenvalue weighted by Crippen LogP contribution is -2.10. The number of pyridine rings is 1. The average molecular weight is 232 g/mol. The molecule has 0 spiro atoms. The van der Waals surface area contributed by atoms with E-state index in [0.717, 1.165) is 0 Å². The van der Waals surface area contributed by atoms with E-state index in [0.29, 0.717) is 5.56 Å². The average Bonchev–Trinajstić information content (AvgIpc) is 2.04. The highest BCUT2D eigenvalue weighted by atomic mass is 79.9. The summed E-state index contributed by atoms with van der Waals surface area (Å²) in [5.74, 6) is -0.670. The van der Waals surface area contributed by atoms with E-state index >= 15 is 0 Å². The number of rotatable bonds is 2. The van der Waals surface area contributed by atoms with Crippen LogP contribution in [0.2, 0.25) is 0 Å². The summed E-state index contributed by atoms with van der Waals surface area (Å²) in [6, 6.07) is 2.59. The van der Waals surface area contributed by atoms with Gasteiger partial charge in [-0.2, -0.15) is 4.39 Å². The van der Waals surface area contributed by atoms with Crippen LogP contribution in [0.5, 0.6) is 0 Å². The minimum atomic E-state index is -0.575. The van der Waals surface area contributed by atoms with E-state index in [9.17, 15) is 9.18 Å². The maximum absolute atomic E-state index is 12.3. The summed E-state index contributed by atoms with van der Waals surface area (Å²) < 4.78 is 12.3. The van der Waals surface area contributed by atoms with Gasteiger partial charge in [-0.1, -0.05) is 15.9 Å². The van der Waals surface area contributed by atoms with Gasteiger partial charge in [-0.3, -0.25) is 4.79 Å². The molecule has 0 aromatic carbocycles. The molecular formula is C8H7BrFNO. The molecule has 1 heterocycles. The molecule has 0 saturated carbocycles. The molecule has 1 unspecified atom stereocenters. The SMILES string of the molecule is CC(Br)C(=O)c1ccc(F)nc1. The molecule has 0 N–H and O–H groups in total. The van der Waals surface area contributed by atoms with Gasteiger partial charge in [-0.25, -0.2) is 4.98 Å². The van der Waals surface area contributed by atoms with Gasteiger partial charge in [0.1, 0.15) is 0 Å². The lowest BCUT2D eigenvalue weighted by molar-refractivity contribution is 0.0995. The topological polar surface area (TPSA) is 30.0 Å². The van der Waals surface area contributed by atoms with E-state index in [1.807, 2.05) is 0 Å². The summed E-state index contributed by atoms with van der Waals surface area (Å²) in [5, 5.41) is 0. The van der Waals surface area contributed by atoms with Crippen molar-refractivity contribution in [3.8, 4) is 0 Å². The summed E-state index contributed by atoms with van der Waals surface area (Å²) in [6.07, 6.45) is 1.23. The Hall–Kier alpha value is -0.770. The highest BCUT2D eigenvalue weighted by molar-refractivity contribution is 9.10. The first-order valence-corrected chi connectivity index (χ1v) is 4.32. The van der Waals surface area contributed by atoms with Crippen LogP contribution in [0.25, 0.3) is 0 Å². The van der Waals surface area contributed by atoms with Crippen molar-refractivity contribution in [1.29, 1.82) is 0 Å². The molecule has 12 heavy (non-hydrogen) atoms. The molecule has 1 aromatic rings. The van der Waals surface area contributed by atoms with Crippen LogP contribution in [0.1, 0.15) is 17.3 Å². The van der Waals surface area contributed by atoms with Crippen LogP contribution in [0.4, 0.5) is 4.39 Å². The number of halogens is 2. The van der Waals surface area contributed by atoms with E-state index < -0.39 is 5.95 Å². The first-order chi connectivity index (χ1) is 5.61. The first kappa shape index (κ1) is 9.32. The number of hydrogen-bond donors (Lipinski definition) is 0. The van der Waals surface area contributed by atoms with Crippen LogP contribution in [-0.4, -0.2) is 15.6 Å². The summed E-state index contributed by atoms with van der Waals surface area (Å²) in [4.78, 5) is 14.4. The summed E-state index contributed by atoms with van der Waals surface area (Å²) in [7, 11) is 0. The van der Waals surface area contributed by atoms with Crippen LogP contribution in [0.15, 0.2) is 18.3 Å². The Labute approximate surface area is 77.9 Å². The molecule has 0 aliphatic heterocycles. The van der Waals surface area contributed by atoms with E-state index in [-0.39, 0.29) is 10.6 Å². The van der Waals surface area contributed by atoms with Gasteiger partial charge in [0, 0.05) is 11.8 Å². The number of alkyl halides is 1. The molecule has 0 aliphatic rings. The van der Waals surface area contributed by atoms with E-state index in [4.69, 9.17) is 0 Å². The van der Waals surface area contributed by atoms with Crippen molar-refractivity contribution in [2.45, 2.75) is 11.8 Å². The zero-order valence-corrected chi connectivity index (χ0v) is 8.01. The van der Waals surface area contributed by atoms with Crippen molar-refractivity contribution in [2.24, 2.45) is 0 Å². The van der Waals surface area contributed by atoms with E-state index in [2.05, 4.69) is 20.9 Å². The number of nitrogens with zero attached hydrogens (tertiary/aromatic N) is 1. The van der Waals surface area contributed by atoms with Crippen LogP contribution in [-0.2, 0) is 0 Å². The minimum absolute atomic E-state index is 0.0949. The predicted octanol–water partition coefficient (Wildman–Crippen LogP) is 2.19. The van der Waals surface area contributed by atoms with E-state index in [1.54, 1.807) is 6.92 Å². The van der Waals surface area contributed by atoms with E-state index in [1.165, 1.54) is 18.3 Å². The Morgan fingerprint density at radius 2 is 2.33 bits per heavy atom. The third-order valence-electron chi connectivity index (χ3n) is 1.37. The highest BCUT2D eigenvalue weighted by Crippen LogP contribution is 2.08. The zero-order valence-electron chi connectivity index (χ0n) is 6.42. The second kappa shape index (κ2) is 3.76. The van der Waals surface area contributed by atoms with Gasteiger partial charge in [-0.05, 0) is 19.1 Å². The third kappa shape index (κ3) is 2.11. The molecule has 64 valence electrons. The number of ketones is 1.